The molecule has 5 nitrogen and oxygen atoms in total. The molecular weight excluding hydrogens is 251 g/mol. The Bertz CT molecular complexity index is 461. The summed E-state index contributed by atoms with van der Waals surface area (Å²) in [7, 11) is 0. The zero-order valence-corrected chi connectivity index (χ0v) is 10.5. The highest BCUT2D eigenvalue weighted by Crippen LogP contribution is 2.23. The molecule has 0 aliphatic heterocycles. The summed E-state index contributed by atoms with van der Waals surface area (Å²) in [6.07, 6.45) is 3.71. The summed E-state index contributed by atoms with van der Waals surface area (Å²) >= 11 is 0. The fraction of sp³-hybridized carbons (Fsp3) is 0.538. The van der Waals surface area contributed by atoms with Crippen molar-refractivity contribution in [1.82, 2.24) is 5.32 Å². The van der Waals surface area contributed by atoms with E-state index in [-0.39, 0.29) is 0 Å². The van der Waals surface area contributed by atoms with E-state index in [1.165, 1.54) is 18.9 Å². The van der Waals surface area contributed by atoms with Gasteiger partial charge in [0.25, 0.3) is 0 Å². The topological polar surface area (TPSA) is 75.4 Å². The van der Waals surface area contributed by atoms with Gasteiger partial charge >= 0.3 is 5.69 Å². The third-order valence-electron chi connectivity index (χ3n) is 3.51. The number of benzene rings is 1. The normalized spacial score (nSPS) is 17.6. The van der Waals surface area contributed by atoms with Gasteiger partial charge in [0.15, 0.2) is 0 Å². The Kier molecular flexibility index (Phi) is 4.44. The number of rotatable bonds is 5. The zero-order valence-electron chi connectivity index (χ0n) is 10.5. The molecular formula is C13H17FN2O3. The molecule has 6 heteroatoms. The summed E-state index contributed by atoms with van der Waals surface area (Å²) < 4.78 is 13.2. The lowest BCUT2D eigenvalue weighted by Gasteiger charge is -2.16. The van der Waals surface area contributed by atoms with Gasteiger partial charge in [-0.2, -0.15) is 4.39 Å². The van der Waals surface area contributed by atoms with E-state index < -0.39 is 22.5 Å². The Morgan fingerprint density at radius 3 is 2.79 bits per heavy atom. The second-order valence-corrected chi connectivity index (χ2v) is 4.87. The van der Waals surface area contributed by atoms with Crippen LogP contribution in [0.3, 0.4) is 0 Å². The maximum Gasteiger partial charge on any atom is 0.305 e. The van der Waals surface area contributed by atoms with Crippen molar-refractivity contribution in [3.63, 3.8) is 0 Å². The number of nitro benzene ring substituents is 1. The summed E-state index contributed by atoms with van der Waals surface area (Å²) in [6, 6.07) is 3.90. The van der Waals surface area contributed by atoms with Crippen LogP contribution in [0.25, 0.3) is 0 Å². The van der Waals surface area contributed by atoms with Crippen molar-refractivity contribution in [2.45, 2.75) is 37.8 Å². The fourth-order valence-corrected chi connectivity index (χ4v) is 2.40. The maximum atomic E-state index is 13.2. The van der Waals surface area contributed by atoms with Crippen molar-refractivity contribution in [3.8, 4) is 0 Å². The van der Waals surface area contributed by atoms with E-state index in [1.54, 1.807) is 0 Å². The highest BCUT2D eigenvalue weighted by Gasteiger charge is 2.19. The molecule has 0 spiro atoms. The Labute approximate surface area is 110 Å². The van der Waals surface area contributed by atoms with Gasteiger partial charge in [-0.05, 0) is 24.5 Å². The first-order valence-corrected chi connectivity index (χ1v) is 6.43. The molecule has 19 heavy (non-hydrogen) atoms. The number of hydrogen-bond donors (Lipinski definition) is 2. The number of aliphatic hydroxyl groups is 1. The molecule has 0 bridgehead atoms. The van der Waals surface area contributed by atoms with E-state index in [2.05, 4.69) is 5.32 Å². The van der Waals surface area contributed by atoms with Crippen molar-refractivity contribution in [1.29, 1.82) is 0 Å². The predicted octanol–water partition coefficient (Wildman–Crippen LogP) is 2.30. The van der Waals surface area contributed by atoms with Crippen molar-refractivity contribution < 1.29 is 14.4 Å². The molecule has 104 valence electrons. The molecule has 1 aromatic carbocycles. The molecule has 2 N–H and O–H groups in total. The first-order chi connectivity index (χ1) is 9.08. The highest BCUT2D eigenvalue weighted by atomic mass is 19.1. The van der Waals surface area contributed by atoms with Crippen molar-refractivity contribution in [3.05, 3.63) is 39.7 Å². The van der Waals surface area contributed by atoms with Crippen LogP contribution >= 0.6 is 0 Å². The van der Waals surface area contributed by atoms with Crippen molar-refractivity contribution in [2.24, 2.45) is 0 Å². The predicted molar refractivity (Wildman–Crippen MR) is 68.3 cm³/mol. The van der Waals surface area contributed by atoms with Gasteiger partial charge in [0, 0.05) is 18.7 Å². The van der Waals surface area contributed by atoms with Crippen molar-refractivity contribution >= 4 is 5.69 Å². The van der Waals surface area contributed by atoms with Crippen LogP contribution in [0, 0.1) is 15.9 Å². The number of nitrogens with one attached hydrogen (secondary N) is 1. The average molecular weight is 268 g/mol. The molecule has 1 atom stereocenters. The molecule has 0 amide bonds. The minimum absolute atomic E-state index is 0.327. The molecule has 1 unspecified atom stereocenters. The summed E-state index contributed by atoms with van der Waals surface area (Å²) in [4.78, 5) is 9.85. The Balaban J connectivity index is 1.99. The van der Waals surface area contributed by atoms with E-state index in [4.69, 9.17) is 0 Å². The first kappa shape index (κ1) is 13.9. The summed E-state index contributed by atoms with van der Waals surface area (Å²) in [5, 5.41) is 23.8. The van der Waals surface area contributed by atoms with Gasteiger partial charge in [0.2, 0.25) is 5.82 Å². The minimum atomic E-state index is -0.885. The van der Waals surface area contributed by atoms with Crippen LogP contribution in [0.2, 0.25) is 0 Å². The summed E-state index contributed by atoms with van der Waals surface area (Å²) in [5.41, 5.74) is -0.240. The highest BCUT2D eigenvalue weighted by molar-refractivity contribution is 5.37. The van der Waals surface area contributed by atoms with Crippen LogP contribution < -0.4 is 5.32 Å². The SMILES string of the molecule is O=[N+]([O-])c1cc(C(O)CNC2CCCC2)ccc1F. The first-order valence-electron chi connectivity index (χ1n) is 6.43. The van der Waals surface area contributed by atoms with Gasteiger partial charge < -0.3 is 10.4 Å². The molecule has 1 aliphatic rings. The Hall–Kier alpha value is -1.53. The van der Waals surface area contributed by atoms with E-state index >= 15 is 0 Å². The summed E-state index contributed by atoms with van der Waals surface area (Å²) in [5.74, 6) is -0.885. The van der Waals surface area contributed by atoms with Crippen molar-refractivity contribution in [2.75, 3.05) is 6.54 Å². The van der Waals surface area contributed by atoms with Gasteiger partial charge in [-0.3, -0.25) is 10.1 Å². The van der Waals surface area contributed by atoms with Crippen LogP contribution in [-0.2, 0) is 0 Å². The second kappa shape index (κ2) is 6.08. The van der Waals surface area contributed by atoms with Gasteiger partial charge in [0.05, 0.1) is 11.0 Å². The van der Waals surface area contributed by atoms with Gasteiger partial charge in [-0.1, -0.05) is 18.9 Å². The molecule has 1 aromatic rings. The zero-order chi connectivity index (χ0) is 13.8. The van der Waals surface area contributed by atoms with E-state index in [9.17, 15) is 19.6 Å². The average Bonchev–Trinajstić information content (AvgIpc) is 2.89. The smallest absolute Gasteiger partial charge is 0.305 e. The molecule has 0 aromatic heterocycles. The van der Waals surface area contributed by atoms with Crippen LogP contribution in [0.15, 0.2) is 18.2 Å². The number of hydrogen-bond acceptors (Lipinski definition) is 4. The van der Waals surface area contributed by atoms with Gasteiger partial charge in [-0.25, -0.2) is 0 Å². The minimum Gasteiger partial charge on any atom is -0.387 e. The van der Waals surface area contributed by atoms with Gasteiger partial charge in [-0.15, -0.1) is 0 Å². The van der Waals surface area contributed by atoms with E-state index in [1.807, 2.05) is 0 Å². The molecule has 1 fully saturated rings. The third kappa shape index (κ3) is 3.48. The number of nitro groups is 1. The fourth-order valence-electron chi connectivity index (χ4n) is 2.40. The van der Waals surface area contributed by atoms with E-state index in [0.29, 0.717) is 18.2 Å². The van der Waals surface area contributed by atoms with Crippen LogP contribution in [0.5, 0.6) is 0 Å². The van der Waals surface area contributed by atoms with Gasteiger partial charge in [0.1, 0.15) is 0 Å². The third-order valence-corrected chi connectivity index (χ3v) is 3.51. The monoisotopic (exact) mass is 268 g/mol. The molecule has 0 saturated heterocycles. The molecule has 2 rings (SSSR count). The lowest BCUT2D eigenvalue weighted by molar-refractivity contribution is -0.387. The summed E-state index contributed by atoms with van der Waals surface area (Å²) in [6.45, 7) is 0.327. The quantitative estimate of drug-likeness (QED) is 0.634. The molecule has 1 aliphatic carbocycles. The maximum absolute atomic E-state index is 13.2. The lowest BCUT2D eigenvalue weighted by atomic mass is 10.1. The van der Waals surface area contributed by atoms with Crippen LogP contribution in [-0.4, -0.2) is 22.6 Å². The number of halogens is 1. The molecule has 0 heterocycles. The number of aliphatic hydroxyl groups excluding tert-OH is 1. The number of nitrogens with zero attached hydrogens (tertiary/aromatic N) is 1. The largest absolute Gasteiger partial charge is 0.387 e. The second-order valence-electron chi connectivity index (χ2n) is 4.87. The Morgan fingerprint density at radius 1 is 1.47 bits per heavy atom. The standard InChI is InChI=1S/C13H17FN2O3/c14-11-6-5-9(7-12(11)16(18)19)13(17)8-15-10-3-1-2-4-10/h5-7,10,13,15,17H,1-4,8H2. The van der Waals surface area contributed by atoms with E-state index in [0.717, 1.165) is 25.0 Å². The van der Waals surface area contributed by atoms with Crippen LogP contribution in [0.4, 0.5) is 10.1 Å². The Morgan fingerprint density at radius 2 is 2.16 bits per heavy atom. The van der Waals surface area contributed by atoms with Crippen LogP contribution in [0.1, 0.15) is 37.4 Å². The molecule has 1 saturated carbocycles. The lowest BCUT2D eigenvalue weighted by Crippen LogP contribution is -2.30. The molecule has 0 radical (unpaired) electrons.